The van der Waals surface area contributed by atoms with E-state index in [1.165, 1.54) is 18.2 Å². The number of nitrogens with zero attached hydrogens (tertiary/aromatic N) is 3. The monoisotopic (exact) mass is 404 g/mol. The quantitative estimate of drug-likeness (QED) is 0.635. The van der Waals surface area contributed by atoms with Gasteiger partial charge in [0.05, 0.1) is 22.3 Å². The molecule has 2 aromatic heterocycles. The Labute approximate surface area is 164 Å². The van der Waals surface area contributed by atoms with Gasteiger partial charge in [-0.3, -0.25) is 9.48 Å². The number of nitrogens with one attached hydrogen (secondary N) is 1. The maximum Gasteiger partial charge on any atom is 0.387 e. The first-order chi connectivity index (χ1) is 13.8. The van der Waals surface area contributed by atoms with E-state index in [4.69, 9.17) is 4.74 Å². The highest BCUT2D eigenvalue weighted by molar-refractivity contribution is 6.05. The molecule has 0 aliphatic heterocycles. The van der Waals surface area contributed by atoms with E-state index in [0.29, 0.717) is 22.4 Å². The zero-order valence-corrected chi connectivity index (χ0v) is 15.9. The van der Waals surface area contributed by atoms with E-state index in [2.05, 4.69) is 20.1 Å². The van der Waals surface area contributed by atoms with Crippen LogP contribution in [-0.4, -0.2) is 39.9 Å². The molecule has 0 atom stereocenters. The van der Waals surface area contributed by atoms with Crippen LogP contribution in [-0.2, 0) is 16.6 Å². The maximum absolute atomic E-state index is 12.6. The van der Waals surface area contributed by atoms with Crippen molar-refractivity contribution in [1.29, 1.82) is 0 Å². The van der Waals surface area contributed by atoms with Crippen LogP contribution in [0.1, 0.15) is 21.7 Å². The van der Waals surface area contributed by atoms with Gasteiger partial charge in [0.1, 0.15) is 5.75 Å². The number of ether oxygens (including phenoxy) is 2. The third-order valence-corrected chi connectivity index (χ3v) is 4.03. The van der Waals surface area contributed by atoms with Crippen LogP contribution in [0.4, 0.5) is 14.5 Å². The van der Waals surface area contributed by atoms with E-state index in [1.807, 2.05) is 0 Å². The number of hydrogen-bond acceptors (Lipinski definition) is 6. The lowest BCUT2D eigenvalue weighted by Gasteiger charge is -2.12. The van der Waals surface area contributed by atoms with Crippen LogP contribution >= 0.6 is 0 Å². The number of carbonyl (C=O) groups is 2. The number of aryl methyl sites for hydroxylation is 3. The molecule has 152 valence electrons. The van der Waals surface area contributed by atoms with Crippen LogP contribution in [0.5, 0.6) is 5.75 Å². The molecule has 0 aliphatic rings. The molecule has 3 aromatic rings. The lowest BCUT2D eigenvalue weighted by atomic mass is 10.1. The number of alkyl halides is 2. The molecule has 1 aromatic carbocycles. The minimum atomic E-state index is -3.04. The summed E-state index contributed by atoms with van der Waals surface area (Å²) in [5.74, 6) is -1.61. The predicted molar refractivity (Wildman–Crippen MR) is 100.0 cm³/mol. The molecule has 29 heavy (non-hydrogen) atoms. The largest absolute Gasteiger partial charge is 0.452 e. The summed E-state index contributed by atoms with van der Waals surface area (Å²) < 4.78 is 35.9. The van der Waals surface area contributed by atoms with Gasteiger partial charge in [-0.15, -0.1) is 0 Å². The van der Waals surface area contributed by atoms with Gasteiger partial charge >= 0.3 is 12.6 Å². The highest BCUT2D eigenvalue weighted by atomic mass is 19.3. The molecule has 0 aliphatic carbocycles. The third kappa shape index (κ3) is 4.48. The van der Waals surface area contributed by atoms with Crippen molar-refractivity contribution in [1.82, 2.24) is 14.8 Å². The second-order valence-corrected chi connectivity index (χ2v) is 6.22. The Morgan fingerprint density at radius 2 is 1.97 bits per heavy atom. The highest BCUT2D eigenvalue weighted by Crippen LogP contribution is 2.25. The molecular weight excluding hydrogens is 386 g/mol. The summed E-state index contributed by atoms with van der Waals surface area (Å²) in [5, 5.41) is 7.18. The van der Waals surface area contributed by atoms with Gasteiger partial charge in [0.2, 0.25) is 0 Å². The average molecular weight is 404 g/mol. The van der Waals surface area contributed by atoms with Crippen molar-refractivity contribution in [3.63, 3.8) is 0 Å². The van der Waals surface area contributed by atoms with Gasteiger partial charge in [-0.25, -0.2) is 9.78 Å². The van der Waals surface area contributed by atoms with Crippen LogP contribution in [0.15, 0.2) is 30.3 Å². The second-order valence-electron chi connectivity index (χ2n) is 6.22. The summed E-state index contributed by atoms with van der Waals surface area (Å²) in [6, 6.07) is 7.27. The normalized spacial score (nSPS) is 11.0. The van der Waals surface area contributed by atoms with Gasteiger partial charge in [-0.2, -0.15) is 13.9 Å². The minimum absolute atomic E-state index is 0.0408. The summed E-state index contributed by atoms with van der Waals surface area (Å²) in [4.78, 5) is 29.0. The Bertz CT molecular complexity index is 1080. The van der Waals surface area contributed by atoms with Gasteiger partial charge in [0.15, 0.2) is 12.3 Å². The first kappa shape index (κ1) is 20.2. The molecule has 2 heterocycles. The molecule has 3 rings (SSSR count). The number of carbonyl (C=O) groups excluding carboxylic acids is 2. The number of rotatable bonds is 6. The van der Waals surface area contributed by atoms with Crippen LogP contribution < -0.4 is 10.1 Å². The summed E-state index contributed by atoms with van der Waals surface area (Å²) in [7, 11) is 1.71. The maximum atomic E-state index is 12.6. The number of para-hydroxylation sites is 2. The number of pyridine rings is 1. The van der Waals surface area contributed by atoms with Gasteiger partial charge in [-0.05, 0) is 32.0 Å². The van der Waals surface area contributed by atoms with Gasteiger partial charge in [0.25, 0.3) is 5.91 Å². The second kappa shape index (κ2) is 8.21. The standard InChI is InChI=1S/C19H18F2N4O4/c1-10-8-12(16-11(2)24-25(3)17(16)22-10)18(27)28-9-15(26)23-13-6-4-5-7-14(13)29-19(20)21/h4-8,19H,9H2,1-3H3,(H,23,26). The molecule has 0 saturated heterocycles. The number of hydrogen-bond donors (Lipinski definition) is 1. The first-order valence-electron chi connectivity index (χ1n) is 8.58. The van der Waals surface area contributed by atoms with E-state index in [0.717, 1.165) is 0 Å². The lowest BCUT2D eigenvalue weighted by molar-refractivity contribution is -0.119. The molecular formula is C19H18F2N4O4. The summed E-state index contributed by atoms with van der Waals surface area (Å²) in [6.45, 7) is -0.177. The van der Waals surface area contributed by atoms with Crippen LogP contribution in [0.25, 0.3) is 11.0 Å². The van der Waals surface area contributed by atoms with E-state index < -0.39 is 25.1 Å². The summed E-state index contributed by atoms with van der Waals surface area (Å²) in [5.41, 5.74) is 2.00. The SMILES string of the molecule is Cc1cc(C(=O)OCC(=O)Nc2ccccc2OC(F)F)c2c(C)nn(C)c2n1. The highest BCUT2D eigenvalue weighted by Gasteiger charge is 2.20. The van der Waals surface area contributed by atoms with Crippen molar-refractivity contribution in [3.05, 3.63) is 47.3 Å². The predicted octanol–water partition coefficient (Wildman–Crippen LogP) is 2.98. The zero-order chi connectivity index (χ0) is 21.1. The number of amides is 1. The van der Waals surface area contributed by atoms with Crippen molar-refractivity contribution in [2.24, 2.45) is 7.05 Å². The number of aromatic nitrogens is 3. The van der Waals surface area contributed by atoms with E-state index in [1.54, 1.807) is 37.7 Å². The fourth-order valence-electron chi connectivity index (χ4n) is 2.89. The molecule has 10 heteroatoms. The Morgan fingerprint density at radius 3 is 2.69 bits per heavy atom. The summed E-state index contributed by atoms with van der Waals surface area (Å²) >= 11 is 0. The molecule has 1 amide bonds. The van der Waals surface area contributed by atoms with Crippen LogP contribution in [0.3, 0.4) is 0 Å². The molecule has 0 bridgehead atoms. The van der Waals surface area contributed by atoms with Gasteiger partial charge in [0, 0.05) is 12.7 Å². The molecule has 0 unspecified atom stereocenters. The van der Waals surface area contributed by atoms with Gasteiger partial charge < -0.3 is 14.8 Å². The fraction of sp³-hybridized carbons (Fsp3) is 0.263. The first-order valence-corrected chi connectivity index (χ1v) is 8.58. The minimum Gasteiger partial charge on any atom is -0.452 e. The zero-order valence-electron chi connectivity index (χ0n) is 15.9. The molecule has 1 N–H and O–H groups in total. The molecule has 8 nitrogen and oxygen atoms in total. The van der Waals surface area contributed by atoms with Crippen molar-refractivity contribution in [3.8, 4) is 5.75 Å². The Balaban J connectivity index is 1.72. The Hall–Kier alpha value is -3.56. The average Bonchev–Trinajstić information content (AvgIpc) is 2.94. The number of benzene rings is 1. The molecule has 0 saturated carbocycles. The Kier molecular flexibility index (Phi) is 5.71. The van der Waals surface area contributed by atoms with E-state index in [-0.39, 0.29) is 17.0 Å². The fourth-order valence-corrected chi connectivity index (χ4v) is 2.89. The van der Waals surface area contributed by atoms with Crippen molar-refractivity contribution in [2.45, 2.75) is 20.5 Å². The van der Waals surface area contributed by atoms with Crippen LogP contribution in [0.2, 0.25) is 0 Å². The third-order valence-electron chi connectivity index (χ3n) is 4.03. The van der Waals surface area contributed by atoms with Crippen LogP contribution in [0, 0.1) is 13.8 Å². The number of fused-ring (bicyclic) bond motifs is 1. The van der Waals surface area contributed by atoms with E-state index >= 15 is 0 Å². The van der Waals surface area contributed by atoms with Crippen molar-refractivity contribution >= 4 is 28.6 Å². The molecule has 0 spiro atoms. The van der Waals surface area contributed by atoms with E-state index in [9.17, 15) is 18.4 Å². The number of anilines is 1. The topological polar surface area (TPSA) is 95.3 Å². The lowest BCUT2D eigenvalue weighted by Crippen LogP contribution is -2.21. The van der Waals surface area contributed by atoms with Crippen molar-refractivity contribution < 1.29 is 27.8 Å². The summed E-state index contributed by atoms with van der Waals surface area (Å²) in [6.07, 6.45) is 0. The van der Waals surface area contributed by atoms with Crippen molar-refractivity contribution in [2.75, 3.05) is 11.9 Å². The Morgan fingerprint density at radius 1 is 1.24 bits per heavy atom. The van der Waals surface area contributed by atoms with Gasteiger partial charge in [-0.1, -0.05) is 12.1 Å². The number of esters is 1. The smallest absolute Gasteiger partial charge is 0.387 e. The molecule has 0 fully saturated rings. The number of halogens is 2. The molecule has 0 radical (unpaired) electrons.